The van der Waals surface area contributed by atoms with E-state index in [-0.39, 0.29) is 18.1 Å². The van der Waals surface area contributed by atoms with E-state index in [0.717, 1.165) is 6.42 Å². The lowest BCUT2D eigenvalue weighted by Gasteiger charge is -2.29. The van der Waals surface area contributed by atoms with E-state index in [1.165, 1.54) is 12.1 Å². The molecule has 0 aromatic heterocycles. The van der Waals surface area contributed by atoms with E-state index in [4.69, 9.17) is 9.84 Å². The predicted molar refractivity (Wildman–Crippen MR) is 61.5 cm³/mol. The molecule has 90 valence electrons. The maximum absolute atomic E-state index is 11.7. The smallest absolute Gasteiger partial charge is 0.335 e. The number of fused-ring (bicyclic) bond motifs is 1. The lowest BCUT2D eigenvalue weighted by atomic mass is 10.1. The van der Waals surface area contributed by atoms with Gasteiger partial charge in [0.25, 0.3) is 5.91 Å². The summed E-state index contributed by atoms with van der Waals surface area (Å²) >= 11 is 0. The number of nitrogens with zero attached hydrogens (tertiary/aromatic N) is 1. The fourth-order valence-electron chi connectivity index (χ4n) is 1.81. The van der Waals surface area contributed by atoms with E-state index >= 15 is 0 Å². The maximum Gasteiger partial charge on any atom is 0.335 e. The van der Waals surface area contributed by atoms with Gasteiger partial charge in [-0.1, -0.05) is 6.92 Å². The van der Waals surface area contributed by atoms with Gasteiger partial charge in [-0.05, 0) is 24.6 Å². The first-order chi connectivity index (χ1) is 8.13. The number of hydrogen-bond acceptors (Lipinski definition) is 3. The minimum Gasteiger partial charge on any atom is -0.482 e. The molecule has 0 radical (unpaired) electrons. The van der Waals surface area contributed by atoms with Crippen molar-refractivity contribution in [1.29, 1.82) is 0 Å². The number of ether oxygens (including phenoxy) is 1. The van der Waals surface area contributed by atoms with Crippen LogP contribution in [-0.2, 0) is 4.79 Å². The molecule has 0 aliphatic carbocycles. The Morgan fingerprint density at radius 2 is 2.29 bits per heavy atom. The highest BCUT2D eigenvalue weighted by atomic mass is 16.5. The molecule has 0 atom stereocenters. The van der Waals surface area contributed by atoms with Crippen LogP contribution < -0.4 is 9.64 Å². The Bertz CT molecular complexity index is 470. The SMILES string of the molecule is CCCN1C(=O)COc2cc(C(=O)O)ccc21. The van der Waals surface area contributed by atoms with E-state index in [1.807, 2.05) is 6.92 Å². The van der Waals surface area contributed by atoms with Crippen molar-refractivity contribution in [3.63, 3.8) is 0 Å². The number of aromatic carboxylic acids is 1. The van der Waals surface area contributed by atoms with Crippen LogP contribution in [-0.4, -0.2) is 30.1 Å². The van der Waals surface area contributed by atoms with Crippen LogP contribution in [0.1, 0.15) is 23.7 Å². The summed E-state index contributed by atoms with van der Waals surface area (Å²) in [7, 11) is 0. The molecule has 0 spiro atoms. The molecule has 5 heteroatoms. The highest BCUT2D eigenvalue weighted by Gasteiger charge is 2.25. The van der Waals surface area contributed by atoms with E-state index < -0.39 is 5.97 Å². The van der Waals surface area contributed by atoms with Gasteiger partial charge in [-0.2, -0.15) is 0 Å². The van der Waals surface area contributed by atoms with Gasteiger partial charge >= 0.3 is 5.97 Å². The zero-order valence-corrected chi connectivity index (χ0v) is 9.47. The molecule has 0 fully saturated rings. The first-order valence-corrected chi connectivity index (χ1v) is 5.44. The largest absolute Gasteiger partial charge is 0.482 e. The number of benzene rings is 1. The molecule has 1 aliphatic rings. The van der Waals surface area contributed by atoms with Crippen LogP contribution in [0, 0.1) is 0 Å². The molecule has 1 aromatic carbocycles. The Morgan fingerprint density at radius 3 is 2.94 bits per heavy atom. The lowest BCUT2D eigenvalue weighted by molar-refractivity contribution is -0.121. The third-order valence-electron chi connectivity index (χ3n) is 2.60. The molecule has 0 bridgehead atoms. The highest BCUT2D eigenvalue weighted by Crippen LogP contribution is 2.32. The van der Waals surface area contributed by atoms with Crippen molar-refractivity contribution in [3.05, 3.63) is 23.8 Å². The first kappa shape index (κ1) is 11.4. The number of anilines is 1. The monoisotopic (exact) mass is 235 g/mol. The second-order valence-corrected chi connectivity index (χ2v) is 3.82. The van der Waals surface area contributed by atoms with Crippen LogP contribution >= 0.6 is 0 Å². The molecule has 1 aromatic rings. The minimum atomic E-state index is -1.00. The number of carbonyl (C=O) groups is 2. The van der Waals surface area contributed by atoms with Crippen LogP contribution in [0.5, 0.6) is 5.75 Å². The molecule has 0 saturated carbocycles. The van der Waals surface area contributed by atoms with Gasteiger partial charge in [0.1, 0.15) is 5.75 Å². The summed E-state index contributed by atoms with van der Waals surface area (Å²) in [6, 6.07) is 4.55. The second kappa shape index (κ2) is 4.45. The molecular formula is C12H13NO4. The van der Waals surface area contributed by atoms with Crippen molar-refractivity contribution in [2.75, 3.05) is 18.1 Å². The molecule has 0 unspecified atom stereocenters. The van der Waals surface area contributed by atoms with Crippen molar-refractivity contribution < 1.29 is 19.4 Å². The molecule has 0 saturated heterocycles. The van der Waals surface area contributed by atoms with Gasteiger partial charge in [0.15, 0.2) is 6.61 Å². The predicted octanol–water partition coefficient (Wildman–Crippen LogP) is 1.52. The lowest BCUT2D eigenvalue weighted by Crippen LogP contribution is -2.39. The molecule has 2 rings (SSSR count). The van der Waals surface area contributed by atoms with E-state index in [1.54, 1.807) is 11.0 Å². The average molecular weight is 235 g/mol. The molecular weight excluding hydrogens is 222 g/mol. The number of hydrogen-bond donors (Lipinski definition) is 1. The number of amides is 1. The fourth-order valence-corrected chi connectivity index (χ4v) is 1.81. The molecule has 17 heavy (non-hydrogen) atoms. The van der Waals surface area contributed by atoms with Crippen LogP contribution in [0.2, 0.25) is 0 Å². The molecule has 1 heterocycles. The van der Waals surface area contributed by atoms with Crippen LogP contribution in [0.25, 0.3) is 0 Å². The standard InChI is InChI=1S/C12H13NO4/c1-2-5-13-9-4-3-8(12(15)16)6-10(9)17-7-11(13)14/h3-4,6H,2,5,7H2,1H3,(H,15,16). The minimum absolute atomic E-state index is 0.0317. The van der Waals surface area contributed by atoms with Crippen molar-refractivity contribution in [2.45, 2.75) is 13.3 Å². The summed E-state index contributed by atoms with van der Waals surface area (Å²) in [4.78, 5) is 24.1. The summed E-state index contributed by atoms with van der Waals surface area (Å²) in [6.07, 6.45) is 0.839. The Balaban J connectivity index is 2.40. The van der Waals surface area contributed by atoms with Crippen molar-refractivity contribution in [3.8, 4) is 5.75 Å². The summed E-state index contributed by atoms with van der Waals surface area (Å²) in [5, 5.41) is 8.87. The number of rotatable bonds is 3. The maximum atomic E-state index is 11.7. The molecule has 5 nitrogen and oxygen atoms in total. The van der Waals surface area contributed by atoms with Crippen molar-refractivity contribution in [1.82, 2.24) is 0 Å². The van der Waals surface area contributed by atoms with E-state index in [9.17, 15) is 9.59 Å². The second-order valence-electron chi connectivity index (χ2n) is 3.82. The van der Waals surface area contributed by atoms with Gasteiger partial charge in [-0.15, -0.1) is 0 Å². The Hall–Kier alpha value is -2.04. The zero-order valence-electron chi connectivity index (χ0n) is 9.47. The third-order valence-corrected chi connectivity index (χ3v) is 2.60. The third kappa shape index (κ3) is 2.08. The van der Waals surface area contributed by atoms with Crippen molar-refractivity contribution in [2.24, 2.45) is 0 Å². The van der Waals surface area contributed by atoms with Crippen LogP contribution in [0.3, 0.4) is 0 Å². The molecule has 1 amide bonds. The molecule has 1 N–H and O–H groups in total. The van der Waals surface area contributed by atoms with E-state index in [2.05, 4.69) is 0 Å². The Labute approximate surface area is 98.6 Å². The summed E-state index contributed by atoms with van der Waals surface area (Å²) in [5.74, 6) is -0.643. The van der Waals surface area contributed by atoms with E-state index in [0.29, 0.717) is 18.0 Å². The fraction of sp³-hybridized carbons (Fsp3) is 0.333. The van der Waals surface area contributed by atoms with Gasteiger partial charge in [0.05, 0.1) is 11.3 Å². The summed E-state index contributed by atoms with van der Waals surface area (Å²) in [5.41, 5.74) is 0.808. The number of carboxylic acid groups (broad SMARTS) is 1. The Kier molecular flexibility index (Phi) is 2.99. The first-order valence-electron chi connectivity index (χ1n) is 5.44. The zero-order chi connectivity index (χ0) is 12.4. The summed E-state index contributed by atoms with van der Waals surface area (Å²) in [6.45, 7) is 2.56. The van der Waals surface area contributed by atoms with Gasteiger partial charge < -0.3 is 14.7 Å². The van der Waals surface area contributed by atoms with Gasteiger partial charge in [-0.25, -0.2) is 4.79 Å². The number of carboxylic acids is 1. The quantitative estimate of drug-likeness (QED) is 0.862. The number of carbonyl (C=O) groups excluding carboxylic acids is 1. The van der Waals surface area contributed by atoms with Gasteiger partial charge in [-0.3, -0.25) is 4.79 Å². The van der Waals surface area contributed by atoms with Gasteiger partial charge in [0, 0.05) is 6.54 Å². The van der Waals surface area contributed by atoms with Crippen LogP contribution in [0.15, 0.2) is 18.2 Å². The van der Waals surface area contributed by atoms with Crippen LogP contribution in [0.4, 0.5) is 5.69 Å². The average Bonchev–Trinajstić information content (AvgIpc) is 2.32. The highest BCUT2D eigenvalue weighted by molar-refractivity contribution is 5.99. The van der Waals surface area contributed by atoms with Crippen molar-refractivity contribution >= 4 is 17.6 Å². The van der Waals surface area contributed by atoms with Gasteiger partial charge in [0.2, 0.25) is 0 Å². The topological polar surface area (TPSA) is 66.8 Å². The normalized spacial score (nSPS) is 14.2. The molecule has 1 aliphatic heterocycles. The Morgan fingerprint density at radius 1 is 1.53 bits per heavy atom. The summed E-state index contributed by atoms with van der Waals surface area (Å²) < 4.78 is 5.25.